The van der Waals surface area contributed by atoms with Crippen molar-refractivity contribution in [3.63, 3.8) is 0 Å². The summed E-state index contributed by atoms with van der Waals surface area (Å²) in [6.07, 6.45) is 1.91. The van der Waals surface area contributed by atoms with E-state index in [2.05, 4.69) is 4.98 Å². The van der Waals surface area contributed by atoms with Crippen LogP contribution in [-0.2, 0) is 0 Å². The molecule has 1 heterocycles. The van der Waals surface area contributed by atoms with Crippen molar-refractivity contribution < 1.29 is 0 Å². The third kappa shape index (κ3) is 1.48. The average molecular weight is 260 g/mol. The molecule has 0 aliphatic rings. The summed E-state index contributed by atoms with van der Waals surface area (Å²) in [5.41, 5.74) is 7.51. The summed E-state index contributed by atoms with van der Waals surface area (Å²) in [5, 5.41) is 1.17. The smallest absolute Gasteiger partial charge is 0.0455 e. The van der Waals surface area contributed by atoms with Crippen LogP contribution >= 0.6 is 24.0 Å². The van der Waals surface area contributed by atoms with Gasteiger partial charge in [0, 0.05) is 22.8 Å². The second-order valence-corrected chi connectivity index (χ2v) is 2.32. The van der Waals surface area contributed by atoms with Crippen LogP contribution in [0.2, 0.25) is 0 Å². The van der Waals surface area contributed by atoms with E-state index in [0.717, 1.165) is 11.2 Å². The van der Waals surface area contributed by atoms with E-state index in [9.17, 15) is 0 Å². The summed E-state index contributed by atoms with van der Waals surface area (Å²) < 4.78 is 0. The van der Waals surface area contributed by atoms with E-state index in [-0.39, 0.29) is 24.0 Å². The van der Waals surface area contributed by atoms with Gasteiger partial charge in [0.25, 0.3) is 0 Å². The highest BCUT2D eigenvalue weighted by atomic mass is 127. The molecule has 2 nitrogen and oxygen atoms in total. The Hall–Kier alpha value is -0.710. The molecule has 0 aliphatic heterocycles. The number of nitrogen functional groups attached to an aromatic ring is 1. The van der Waals surface area contributed by atoms with Gasteiger partial charge in [-0.1, -0.05) is 0 Å². The second kappa shape index (κ2) is 3.13. The van der Waals surface area contributed by atoms with E-state index < -0.39 is 0 Å². The van der Waals surface area contributed by atoms with Crippen LogP contribution in [0.1, 0.15) is 0 Å². The number of rotatable bonds is 0. The van der Waals surface area contributed by atoms with Crippen molar-refractivity contribution in [2.45, 2.75) is 0 Å². The maximum Gasteiger partial charge on any atom is 0.0455 e. The molecule has 3 N–H and O–H groups in total. The summed E-state index contributed by atoms with van der Waals surface area (Å²) in [6, 6.07) is 7.82. The lowest BCUT2D eigenvalue weighted by atomic mass is 10.2. The molecule has 0 spiro atoms. The summed E-state index contributed by atoms with van der Waals surface area (Å²) in [5.74, 6) is 0. The minimum atomic E-state index is 0. The van der Waals surface area contributed by atoms with Crippen molar-refractivity contribution in [2.24, 2.45) is 0 Å². The average Bonchev–Trinajstić information content (AvgIpc) is 2.33. The largest absolute Gasteiger partial charge is 0.399 e. The zero-order valence-corrected chi connectivity index (χ0v) is 8.20. The quantitative estimate of drug-likeness (QED) is 0.554. The zero-order chi connectivity index (χ0) is 6.97. The van der Waals surface area contributed by atoms with Gasteiger partial charge in [-0.05, 0) is 24.3 Å². The first kappa shape index (κ1) is 8.39. The number of benzene rings is 1. The number of hydrogen-bond donors (Lipinski definition) is 2. The molecule has 0 unspecified atom stereocenters. The van der Waals surface area contributed by atoms with Gasteiger partial charge in [-0.3, -0.25) is 0 Å². The molecule has 1 aromatic heterocycles. The van der Waals surface area contributed by atoms with Crippen molar-refractivity contribution in [1.29, 1.82) is 0 Å². The first-order chi connectivity index (χ1) is 4.86. The number of nitrogens with two attached hydrogens (primary N) is 1. The van der Waals surface area contributed by atoms with Gasteiger partial charge in [0.2, 0.25) is 0 Å². The lowest BCUT2D eigenvalue weighted by Crippen LogP contribution is -1.81. The van der Waals surface area contributed by atoms with Gasteiger partial charge in [0.05, 0.1) is 0 Å². The van der Waals surface area contributed by atoms with E-state index in [1.807, 2.05) is 30.5 Å². The first-order valence-corrected chi connectivity index (χ1v) is 3.19. The van der Waals surface area contributed by atoms with Crippen molar-refractivity contribution in [3.8, 4) is 0 Å². The van der Waals surface area contributed by atoms with Crippen LogP contribution < -0.4 is 5.73 Å². The van der Waals surface area contributed by atoms with Gasteiger partial charge in [0.1, 0.15) is 0 Å². The molecule has 0 radical (unpaired) electrons. The Bertz CT molecular complexity index is 354. The fourth-order valence-electron chi connectivity index (χ4n) is 1.07. The third-order valence-electron chi connectivity index (χ3n) is 1.58. The molecular weight excluding hydrogens is 251 g/mol. The SMILES string of the molecule is I.Nc1ccc2[nH]ccc2c1. The van der Waals surface area contributed by atoms with E-state index in [0.29, 0.717) is 0 Å². The fourth-order valence-corrected chi connectivity index (χ4v) is 1.07. The van der Waals surface area contributed by atoms with Gasteiger partial charge in [-0.25, -0.2) is 0 Å². The Kier molecular flexibility index (Phi) is 2.38. The highest BCUT2D eigenvalue weighted by Gasteiger charge is 1.91. The molecule has 0 saturated carbocycles. The standard InChI is InChI=1S/C8H8N2.HI/c9-7-1-2-8-6(5-7)3-4-10-8;/h1-5,10H,9H2;1H. The van der Waals surface area contributed by atoms with Crippen LogP contribution in [0.4, 0.5) is 5.69 Å². The van der Waals surface area contributed by atoms with Crippen LogP contribution in [0.3, 0.4) is 0 Å². The molecular formula is C8H9IN2. The fraction of sp³-hybridized carbons (Fsp3) is 0. The van der Waals surface area contributed by atoms with Crippen LogP contribution in [0.15, 0.2) is 30.5 Å². The van der Waals surface area contributed by atoms with Crippen LogP contribution in [-0.4, -0.2) is 4.98 Å². The third-order valence-corrected chi connectivity index (χ3v) is 1.58. The summed E-state index contributed by atoms with van der Waals surface area (Å²) in [4.78, 5) is 3.09. The minimum absolute atomic E-state index is 0. The van der Waals surface area contributed by atoms with Gasteiger partial charge in [0.15, 0.2) is 0 Å². The molecule has 58 valence electrons. The number of H-pyrrole nitrogens is 1. The molecule has 11 heavy (non-hydrogen) atoms. The zero-order valence-electron chi connectivity index (χ0n) is 5.87. The Morgan fingerprint density at radius 3 is 2.82 bits per heavy atom. The Balaban J connectivity index is 0.000000605. The molecule has 0 aliphatic carbocycles. The normalized spacial score (nSPS) is 9.45. The van der Waals surface area contributed by atoms with Gasteiger partial charge in [-0.15, -0.1) is 24.0 Å². The van der Waals surface area contributed by atoms with Crippen molar-refractivity contribution in [2.75, 3.05) is 5.73 Å². The number of halogens is 1. The topological polar surface area (TPSA) is 41.8 Å². The molecule has 0 bridgehead atoms. The lowest BCUT2D eigenvalue weighted by molar-refractivity contribution is 1.48. The van der Waals surface area contributed by atoms with Gasteiger partial charge in [-0.2, -0.15) is 0 Å². The van der Waals surface area contributed by atoms with Gasteiger partial charge < -0.3 is 10.7 Å². The second-order valence-electron chi connectivity index (χ2n) is 2.32. The Labute approximate surface area is 81.8 Å². The molecule has 0 fully saturated rings. The highest BCUT2D eigenvalue weighted by Crippen LogP contribution is 2.14. The summed E-state index contributed by atoms with van der Waals surface area (Å²) in [7, 11) is 0. The maximum atomic E-state index is 5.57. The highest BCUT2D eigenvalue weighted by molar-refractivity contribution is 14.0. The lowest BCUT2D eigenvalue weighted by Gasteiger charge is -1.90. The Morgan fingerprint density at radius 2 is 2.00 bits per heavy atom. The van der Waals surface area contributed by atoms with Crippen molar-refractivity contribution >= 4 is 40.6 Å². The molecule has 0 saturated heterocycles. The monoisotopic (exact) mass is 260 g/mol. The van der Waals surface area contributed by atoms with Crippen molar-refractivity contribution in [3.05, 3.63) is 30.5 Å². The van der Waals surface area contributed by atoms with Crippen LogP contribution in [0.5, 0.6) is 0 Å². The Morgan fingerprint density at radius 1 is 1.18 bits per heavy atom. The molecule has 0 atom stereocenters. The maximum absolute atomic E-state index is 5.57. The predicted molar refractivity (Wildman–Crippen MR) is 58.1 cm³/mol. The summed E-state index contributed by atoms with van der Waals surface area (Å²) >= 11 is 0. The molecule has 3 heteroatoms. The minimum Gasteiger partial charge on any atom is -0.399 e. The van der Waals surface area contributed by atoms with E-state index in [1.165, 1.54) is 5.39 Å². The number of fused-ring (bicyclic) bond motifs is 1. The molecule has 2 rings (SSSR count). The van der Waals surface area contributed by atoms with E-state index in [1.54, 1.807) is 0 Å². The number of aromatic nitrogens is 1. The van der Waals surface area contributed by atoms with E-state index in [4.69, 9.17) is 5.73 Å². The van der Waals surface area contributed by atoms with Crippen LogP contribution in [0.25, 0.3) is 10.9 Å². The molecule has 0 amide bonds. The first-order valence-electron chi connectivity index (χ1n) is 3.19. The van der Waals surface area contributed by atoms with Crippen LogP contribution in [0, 0.1) is 0 Å². The number of aromatic amines is 1. The summed E-state index contributed by atoms with van der Waals surface area (Å²) in [6.45, 7) is 0. The van der Waals surface area contributed by atoms with E-state index >= 15 is 0 Å². The molecule has 1 aromatic carbocycles. The predicted octanol–water partition coefficient (Wildman–Crippen LogP) is 2.37. The van der Waals surface area contributed by atoms with Crippen molar-refractivity contribution in [1.82, 2.24) is 4.98 Å². The van der Waals surface area contributed by atoms with Gasteiger partial charge >= 0.3 is 0 Å². The number of hydrogen-bond acceptors (Lipinski definition) is 1. The number of nitrogens with one attached hydrogen (secondary N) is 1. The molecule has 2 aromatic rings. The number of anilines is 1.